The Morgan fingerprint density at radius 2 is 2.25 bits per heavy atom. The summed E-state index contributed by atoms with van der Waals surface area (Å²) in [4.78, 5) is 8.05. The fraction of sp³-hybridized carbons (Fsp3) is 0.636. The van der Waals surface area contributed by atoms with Crippen molar-refractivity contribution in [3.8, 4) is 5.88 Å². The van der Waals surface area contributed by atoms with Gasteiger partial charge in [0.05, 0.1) is 25.0 Å². The fourth-order valence-corrected chi connectivity index (χ4v) is 1.27. The van der Waals surface area contributed by atoms with Gasteiger partial charge in [-0.3, -0.25) is 0 Å². The Balaban J connectivity index is 2.52. The van der Waals surface area contributed by atoms with Crippen molar-refractivity contribution in [1.82, 2.24) is 9.97 Å². The average Bonchev–Trinajstić information content (AvgIpc) is 2.27. The van der Waals surface area contributed by atoms with Crippen LogP contribution in [0.5, 0.6) is 5.88 Å². The number of hydrogen-bond acceptors (Lipinski definition) is 5. The lowest BCUT2D eigenvalue weighted by atomic mass is 10.2. The molecule has 1 aromatic rings. The number of nitrogens with zero attached hydrogens (tertiary/aromatic N) is 2. The van der Waals surface area contributed by atoms with Gasteiger partial charge in [0.15, 0.2) is 0 Å². The maximum atomic E-state index is 9.54. The number of methoxy groups -OCH3 is 1. The Morgan fingerprint density at radius 3 is 2.94 bits per heavy atom. The molecule has 1 unspecified atom stereocenters. The van der Waals surface area contributed by atoms with Crippen molar-refractivity contribution in [3.63, 3.8) is 0 Å². The van der Waals surface area contributed by atoms with Gasteiger partial charge in [0.25, 0.3) is 0 Å². The standard InChI is InChI=1S/C11H18N2O3/c1-3-4-16-11-6-9(12-8-13-11)5-10(14)7-15-2/h6,8,10,14H,3-5,7H2,1-2H3. The number of rotatable bonds is 7. The summed E-state index contributed by atoms with van der Waals surface area (Å²) in [5.41, 5.74) is 0.755. The first-order valence-electron chi connectivity index (χ1n) is 5.37. The molecule has 0 aliphatic rings. The molecule has 1 heterocycles. The molecule has 0 amide bonds. The highest BCUT2D eigenvalue weighted by Gasteiger charge is 2.07. The summed E-state index contributed by atoms with van der Waals surface area (Å²) in [5.74, 6) is 0.552. The second-order valence-electron chi connectivity index (χ2n) is 3.51. The SMILES string of the molecule is CCCOc1cc(CC(O)COC)ncn1. The molecule has 1 N–H and O–H groups in total. The van der Waals surface area contributed by atoms with Crippen LogP contribution >= 0.6 is 0 Å². The second kappa shape index (κ2) is 7.14. The number of aliphatic hydroxyl groups is 1. The van der Waals surface area contributed by atoms with Crippen molar-refractivity contribution in [2.75, 3.05) is 20.3 Å². The Kier molecular flexibility index (Phi) is 5.74. The van der Waals surface area contributed by atoms with E-state index in [4.69, 9.17) is 9.47 Å². The molecular weight excluding hydrogens is 208 g/mol. The van der Waals surface area contributed by atoms with Crippen LogP contribution in [0.2, 0.25) is 0 Å². The summed E-state index contributed by atoms with van der Waals surface area (Å²) in [6, 6.07) is 1.74. The molecule has 0 fully saturated rings. The van der Waals surface area contributed by atoms with Gasteiger partial charge >= 0.3 is 0 Å². The van der Waals surface area contributed by atoms with Gasteiger partial charge in [-0.2, -0.15) is 0 Å². The predicted molar refractivity (Wildman–Crippen MR) is 59.4 cm³/mol. The van der Waals surface area contributed by atoms with Gasteiger partial charge in [0, 0.05) is 19.6 Å². The lowest BCUT2D eigenvalue weighted by Crippen LogP contribution is -2.17. The van der Waals surface area contributed by atoms with E-state index in [1.54, 1.807) is 13.2 Å². The summed E-state index contributed by atoms with van der Waals surface area (Å²) in [6.45, 7) is 2.97. The van der Waals surface area contributed by atoms with E-state index in [9.17, 15) is 5.11 Å². The van der Waals surface area contributed by atoms with Crippen molar-refractivity contribution in [2.45, 2.75) is 25.9 Å². The zero-order valence-electron chi connectivity index (χ0n) is 9.72. The fourth-order valence-electron chi connectivity index (χ4n) is 1.27. The Bertz CT molecular complexity index is 307. The molecule has 5 heteroatoms. The smallest absolute Gasteiger partial charge is 0.216 e. The highest BCUT2D eigenvalue weighted by atomic mass is 16.5. The van der Waals surface area contributed by atoms with Crippen molar-refractivity contribution in [1.29, 1.82) is 0 Å². The first kappa shape index (κ1) is 12.9. The monoisotopic (exact) mass is 226 g/mol. The van der Waals surface area contributed by atoms with Gasteiger partial charge in [-0.15, -0.1) is 0 Å². The van der Waals surface area contributed by atoms with Crippen LogP contribution in [0.15, 0.2) is 12.4 Å². The van der Waals surface area contributed by atoms with Crippen molar-refractivity contribution in [2.24, 2.45) is 0 Å². The van der Waals surface area contributed by atoms with E-state index in [0.29, 0.717) is 25.5 Å². The number of hydrogen-bond donors (Lipinski definition) is 1. The second-order valence-corrected chi connectivity index (χ2v) is 3.51. The van der Waals surface area contributed by atoms with Crippen LogP contribution in [0.4, 0.5) is 0 Å². The highest BCUT2D eigenvalue weighted by molar-refractivity contribution is 5.14. The zero-order chi connectivity index (χ0) is 11.8. The maximum Gasteiger partial charge on any atom is 0.216 e. The molecule has 0 saturated heterocycles. The van der Waals surface area contributed by atoms with E-state index in [2.05, 4.69) is 9.97 Å². The van der Waals surface area contributed by atoms with Gasteiger partial charge in [-0.05, 0) is 6.42 Å². The molecular formula is C11H18N2O3. The van der Waals surface area contributed by atoms with E-state index in [0.717, 1.165) is 12.1 Å². The van der Waals surface area contributed by atoms with Crippen LogP contribution in [0.3, 0.4) is 0 Å². The summed E-state index contributed by atoms with van der Waals surface area (Å²) >= 11 is 0. The lowest BCUT2D eigenvalue weighted by Gasteiger charge is -2.09. The summed E-state index contributed by atoms with van der Waals surface area (Å²) < 4.78 is 10.2. The molecule has 0 radical (unpaired) electrons. The maximum absolute atomic E-state index is 9.54. The van der Waals surface area contributed by atoms with Crippen LogP contribution in [0.1, 0.15) is 19.0 Å². The van der Waals surface area contributed by atoms with Crippen LogP contribution in [0, 0.1) is 0 Å². The molecule has 0 saturated carbocycles. The van der Waals surface area contributed by atoms with E-state index in [-0.39, 0.29) is 0 Å². The third-order valence-electron chi connectivity index (χ3n) is 1.96. The van der Waals surface area contributed by atoms with E-state index >= 15 is 0 Å². The summed E-state index contributed by atoms with van der Waals surface area (Å²) in [7, 11) is 1.55. The molecule has 16 heavy (non-hydrogen) atoms. The molecule has 1 rings (SSSR count). The molecule has 5 nitrogen and oxygen atoms in total. The third kappa shape index (κ3) is 4.55. The zero-order valence-corrected chi connectivity index (χ0v) is 9.72. The number of aromatic nitrogens is 2. The number of ether oxygens (including phenoxy) is 2. The molecule has 0 aliphatic heterocycles. The Labute approximate surface area is 95.4 Å². The largest absolute Gasteiger partial charge is 0.478 e. The molecule has 0 aliphatic carbocycles. The van der Waals surface area contributed by atoms with E-state index < -0.39 is 6.10 Å². The topological polar surface area (TPSA) is 64.5 Å². The van der Waals surface area contributed by atoms with Crippen LogP contribution in [0.25, 0.3) is 0 Å². The molecule has 1 atom stereocenters. The Morgan fingerprint density at radius 1 is 1.44 bits per heavy atom. The van der Waals surface area contributed by atoms with E-state index in [1.165, 1.54) is 6.33 Å². The Hall–Kier alpha value is -1.20. The average molecular weight is 226 g/mol. The number of aliphatic hydroxyl groups excluding tert-OH is 1. The van der Waals surface area contributed by atoms with Gasteiger partial charge in [-0.1, -0.05) is 6.92 Å². The summed E-state index contributed by atoms with van der Waals surface area (Å²) in [5, 5.41) is 9.54. The molecule has 0 bridgehead atoms. The lowest BCUT2D eigenvalue weighted by molar-refractivity contribution is 0.0644. The molecule has 0 spiro atoms. The quantitative estimate of drug-likeness (QED) is 0.745. The predicted octanol–water partition coefficient (Wildman–Crippen LogP) is 0.815. The van der Waals surface area contributed by atoms with Crippen molar-refractivity contribution < 1.29 is 14.6 Å². The van der Waals surface area contributed by atoms with Gasteiger partial charge < -0.3 is 14.6 Å². The molecule has 1 aromatic heterocycles. The molecule has 90 valence electrons. The van der Waals surface area contributed by atoms with Crippen LogP contribution < -0.4 is 4.74 Å². The van der Waals surface area contributed by atoms with Crippen molar-refractivity contribution >= 4 is 0 Å². The van der Waals surface area contributed by atoms with Crippen LogP contribution in [-0.2, 0) is 11.2 Å². The third-order valence-corrected chi connectivity index (χ3v) is 1.96. The minimum absolute atomic E-state index is 0.301. The first-order chi connectivity index (χ1) is 7.76. The van der Waals surface area contributed by atoms with Gasteiger partial charge in [0.1, 0.15) is 6.33 Å². The van der Waals surface area contributed by atoms with Crippen molar-refractivity contribution in [3.05, 3.63) is 18.1 Å². The van der Waals surface area contributed by atoms with E-state index in [1.807, 2.05) is 6.92 Å². The summed E-state index contributed by atoms with van der Waals surface area (Å²) in [6.07, 6.45) is 2.28. The first-order valence-corrected chi connectivity index (χ1v) is 5.37. The normalized spacial score (nSPS) is 12.4. The van der Waals surface area contributed by atoms with Gasteiger partial charge in [-0.25, -0.2) is 9.97 Å². The minimum Gasteiger partial charge on any atom is -0.478 e. The van der Waals surface area contributed by atoms with Gasteiger partial charge in [0.2, 0.25) is 5.88 Å². The highest BCUT2D eigenvalue weighted by Crippen LogP contribution is 2.09. The van der Waals surface area contributed by atoms with Crippen LogP contribution in [-0.4, -0.2) is 41.5 Å². The minimum atomic E-state index is -0.543. The molecule has 0 aromatic carbocycles.